The molecule has 1 heterocycles. The summed E-state index contributed by atoms with van der Waals surface area (Å²) in [6, 6.07) is 4.79. The summed E-state index contributed by atoms with van der Waals surface area (Å²) in [6.45, 7) is -0.0678. The highest BCUT2D eigenvalue weighted by Crippen LogP contribution is 2.34. The van der Waals surface area contributed by atoms with Crippen LogP contribution in [0.15, 0.2) is 41.3 Å². The molecule has 186 valence electrons. The number of nitrogens with zero attached hydrogens (tertiary/aromatic N) is 2. The summed E-state index contributed by atoms with van der Waals surface area (Å²) in [6.07, 6.45) is -9.17. The van der Waals surface area contributed by atoms with Crippen LogP contribution in [0.2, 0.25) is 0 Å². The molecule has 3 rings (SSSR count). The van der Waals surface area contributed by atoms with Crippen molar-refractivity contribution in [2.75, 3.05) is 37.3 Å². The molecule has 1 saturated heterocycles. The summed E-state index contributed by atoms with van der Waals surface area (Å²) in [5.74, 6) is -3.27. The van der Waals surface area contributed by atoms with E-state index in [1.807, 2.05) is 0 Å². The van der Waals surface area contributed by atoms with Crippen molar-refractivity contribution < 1.29 is 48.7 Å². The number of carbonyl (C=O) groups excluding carboxylic acids is 1. The smallest absolute Gasteiger partial charge is 0.405 e. The van der Waals surface area contributed by atoms with Gasteiger partial charge in [0.05, 0.1) is 16.0 Å². The van der Waals surface area contributed by atoms with Crippen molar-refractivity contribution in [2.24, 2.45) is 0 Å². The molecular formula is C20H17F7N2O4S. The second-order valence-electron chi connectivity index (χ2n) is 7.42. The number of hydrogen-bond acceptors (Lipinski definition) is 5. The summed E-state index contributed by atoms with van der Waals surface area (Å²) >= 11 is 0. The molecule has 1 aliphatic heterocycles. The number of benzene rings is 2. The van der Waals surface area contributed by atoms with Crippen LogP contribution in [0, 0.1) is 5.82 Å². The molecule has 0 aromatic heterocycles. The molecule has 1 fully saturated rings. The average molecular weight is 514 g/mol. The predicted molar refractivity (Wildman–Crippen MR) is 106 cm³/mol. The van der Waals surface area contributed by atoms with E-state index in [0.29, 0.717) is 12.1 Å². The van der Waals surface area contributed by atoms with Gasteiger partial charge in [-0.25, -0.2) is 12.8 Å². The topological polar surface area (TPSA) is 66.9 Å². The van der Waals surface area contributed by atoms with Crippen LogP contribution in [0.1, 0.15) is 15.9 Å². The number of sulfone groups is 1. The molecule has 0 atom stereocenters. The molecule has 14 heteroatoms. The van der Waals surface area contributed by atoms with Crippen LogP contribution in [-0.4, -0.2) is 58.0 Å². The molecule has 0 unspecified atom stereocenters. The number of piperazine rings is 1. The largest absolute Gasteiger partial charge is 0.573 e. The minimum Gasteiger partial charge on any atom is -0.405 e. The van der Waals surface area contributed by atoms with E-state index in [2.05, 4.69) is 4.74 Å². The van der Waals surface area contributed by atoms with Gasteiger partial charge < -0.3 is 14.5 Å². The van der Waals surface area contributed by atoms with E-state index in [1.54, 1.807) is 0 Å². The average Bonchev–Trinajstić information content (AvgIpc) is 2.70. The molecule has 0 saturated carbocycles. The van der Waals surface area contributed by atoms with Gasteiger partial charge >= 0.3 is 12.5 Å². The fraction of sp³-hybridized carbons (Fsp3) is 0.350. The highest BCUT2D eigenvalue weighted by atomic mass is 32.2. The first-order valence-electron chi connectivity index (χ1n) is 9.57. The van der Waals surface area contributed by atoms with E-state index in [1.165, 1.54) is 4.90 Å². The maximum Gasteiger partial charge on any atom is 0.573 e. The third kappa shape index (κ3) is 5.90. The summed E-state index contributed by atoms with van der Waals surface area (Å²) < 4.78 is 118. The first-order valence-corrected chi connectivity index (χ1v) is 11.5. The normalized spacial score (nSPS) is 15.4. The lowest BCUT2D eigenvalue weighted by atomic mass is 10.1. The van der Waals surface area contributed by atoms with Crippen molar-refractivity contribution in [3.8, 4) is 5.75 Å². The van der Waals surface area contributed by atoms with Crippen molar-refractivity contribution in [3.63, 3.8) is 0 Å². The minimum absolute atomic E-state index is 0.0395. The predicted octanol–water partition coefficient (Wildman–Crippen LogP) is 4.11. The van der Waals surface area contributed by atoms with Gasteiger partial charge in [0.1, 0.15) is 11.6 Å². The third-order valence-corrected chi connectivity index (χ3v) is 6.14. The molecule has 1 amide bonds. The number of halogens is 7. The summed E-state index contributed by atoms with van der Waals surface area (Å²) in [5, 5.41) is 0. The fourth-order valence-electron chi connectivity index (χ4n) is 3.39. The van der Waals surface area contributed by atoms with Crippen molar-refractivity contribution in [1.29, 1.82) is 0 Å². The standard InChI is InChI=1S/C20H17F7N2O4S/c1-34(31,32)13-3-5-17(33-20(25,26)27)14(11-13)18(30)29-8-6-28(7-9-29)12-2-4-15(16(21)10-12)19(22,23)24/h2-5,10-11H,6-9H2,1H3. The van der Waals surface area contributed by atoms with Gasteiger partial charge in [0.2, 0.25) is 0 Å². The molecular weight excluding hydrogens is 497 g/mol. The van der Waals surface area contributed by atoms with Crippen molar-refractivity contribution >= 4 is 21.4 Å². The van der Waals surface area contributed by atoms with Gasteiger partial charge in [0.15, 0.2) is 9.84 Å². The molecule has 2 aromatic rings. The van der Waals surface area contributed by atoms with Crippen LogP contribution in [0.4, 0.5) is 36.4 Å². The zero-order chi connectivity index (χ0) is 25.5. The summed E-state index contributed by atoms with van der Waals surface area (Å²) in [4.78, 5) is 15.2. The molecule has 0 N–H and O–H groups in total. The lowest BCUT2D eigenvalue weighted by Gasteiger charge is -2.36. The van der Waals surface area contributed by atoms with Crippen LogP contribution in [-0.2, 0) is 16.0 Å². The highest BCUT2D eigenvalue weighted by molar-refractivity contribution is 7.90. The maximum atomic E-state index is 13.9. The number of hydrogen-bond donors (Lipinski definition) is 0. The number of alkyl halides is 6. The Morgan fingerprint density at radius 1 is 0.941 bits per heavy atom. The van der Waals surface area contributed by atoms with Crippen LogP contribution in [0.5, 0.6) is 5.75 Å². The number of amides is 1. The second kappa shape index (κ2) is 8.96. The fourth-order valence-corrected chi connectivity index (χ4v) is 4.04. The highest BCUT2D eigenvalue weighted by Gasteiger charge is 2.36. The van der Waals surface area contributed by atoms with E-state index in [-0.39, 0.29) is 36.8 Å². The zero-order valence-corrected chi connectivity index (χ0v) is 18.2. The van der Waals surface area contributed by atoms with Crippen molar-refractivity contribution in [3.05, 3.63) is 53.3 Å². The van der Waals surface area contributed by atoms with E-state index in [9.17, 15) is 43.9 Å². The first kappa shape index (κ1) is 25.6. The van der Waals surface area contributed by atoms with Crippen LogP contribution < -0.4 is 9.64 Å². The van der Waals surface area contributed by atoms with Gasteiger partial charge in [0.25, 0.3) is 5.91 Å². The molecule has 1 aliphatic rings. The lowest BCUT2D eigenvalue weighted by molar-refractivity contribution is -0.274. The van der Waals surface area contributed by atoms with Gasteiger partial charge in [-0.15, -0.1) is 13.2 Å². The van der Waals surface area contributed by atoms with Crippen LogP contribution >= 0.6 is 0 Å². The molecule has 0 radical (unpaired) electrons. The Morgan fingerprint density at radius 2 is 1.56 bits per heavy atom. The summed E-state index contributed by atoms with van der Waals surface area (Å²) in [5.41, 5.74) is -1.90. The van der Waals surface area contributed by atoms with Crippen LogP contribution in [0.3, 0.4) is 0 Å². The van der Waals surface area contributed by atoms with E-state index in [0.717, 1.165) is 35.4 Å². The Morgan fingerprint density at radius 3 is 2.06 bits per heavy atom. The van der Waals surface area contributed by atoms with Crippen LogP contribution in [0.25, 0.3) is 0 Å². The van der Waals surface area contributed by atoms with Gasteiger partial charge in [-0.05, 0) is 36.4 Å². The van der Waals surface area contributed by atoms with E-state index >= 15 is 0 Å². The van der Waals surface area contributed by atoms with Gasteiger partial charge in [-0.1, -0.05) is 0 Å². The van der Waals surface area contributed by atoms with Crippen molar-refractivity contribution in [2.45, 2.75) is 17.4 Å². The number of rotatable bonds is 4. The zero-order valence-electron chi connectivity index (χ0n) is 17.4. The Kier molecular flexibility index (Phi) is 6.75. The monoisotopic (exact) mass is 514 g/mol. The Balaban J connectivity index is 1.80. The molecule has 34 heavy (non-hydrogen) atoms. The second-order valence-corrected chi connectivity index (χ2v) is 9.43. The van der Waals surface area contributed by atoms with Gasteiger partial charge in [-0.2, -0.15) is 13.2 Å². The van der Waals surface area contributed by atoms with Crippen molar-refractivity contribution in [1.82, 2.24) is 4.90 Å². The van der Waals surface area contributed by atoms with E-state index < -0.39 is 51.0 Å². The molecule has 0 aliphatic carbocycles. The lowest BCUT2D eigenvalue weighted by Crippen LogP contribution is -2.49. The quantitative estimate of drug-likeness (QED) is 0.575. The van der Waals surface area contributed by atoms with Gasteiger partial charge in [-0.3, -0.25) is 4.79 Å². The number of anilines is 1. The summed E-state index contributed by atoms with van der Waals surface area (Å²) in [7, 11) is -3.84. The number of carbonyl (C=O) groups is 1. The minimum atomic E-state index is -5.13. The Labute approximate surface area is 189 Å². The third-order valence-electron chi connectivity index (χ3n) is 5.03. The molecule has 0 spiro atoms. The SMILES string of the molecule is CS(=O)(=O)c1ccc(OC(F)(F)F)c(C(=O)N2CCN(c3ccc(C(F)(F)F)c(F)c3)CC2)c1. The first-order chi connectivity index (χ1) is 15.6. The van der Waals surface area contributed by atoms with Gasteiger partial charge in [0, 0.05) is 38.1 Å². The molecule has 2 aromatic carbocycles. The van der Waals surface area contributed by atoms with E-state index in [4.69, 9.17) is 0 Å². The maximum absolute atomic E-state index is 13.9. The molecule has 6 nitrogen and oxygen atoms in total. The Hall–Kier alpha value is -3.03. The Bertz CT molecular complexity index is 1190. The number of ether oxygens (including phenoxy) is 1. The molecule has 0 bridgehead atoms.